The van der Waals surface area contributed by atoms with Crippen molar-refractivity contribution in [1.29, 1.82) is 5.26 Å². The van der Waals surface area contributed by atoms with Crippen LogP contribution in [0.3, 0.4) is 0 Å². The molecule has 3 fully saturated rings. The molecule has 0 bridgehead atoms. The molecule has 11 nitrogen and oxygen atoms in total. The average Bonchev–Trinajstić information content (AvgIpc) is 2.97. The number of anilines is 1. The van der Waals surface area contributed by atoms with Crippen molar-refractivity contribution in [3.05, 3.63) is 65.7 Å². The van der Waals surface area contributed by atoms with E-state index < -0.39 is 5.82 Å². The van der Waals surface area contributed by atoms with Crippen LogP contribution in [0.25, 0.3) is 11.3 Å². The van der Waals surface area contributed by atoms with Crippen LogP contribution in [0, 0.1) is 22.6 Å². The Kier molecular flexibility index (Phi) is 8.29. The Morgan fingerprint density at radius 2 is 1.96 bits per heavy atom. The van der Waals surface area contributed by atoms with E-state index in [1.54, 1.807) is 49.5 Å². The van der Waals surface area contributed by atoms with Crippen LogP contribution in [0.5, 0.6) is 11.6 Å². The molecule has 4 heterocycles. The van der Waals surface area contributed by atoms with Crippen LogP contribution in [0.1, 0.15) is 35.8 Å². The molecule has 0 unspecified atom stereocenters. The molecule has 12 heteroatoms. The molecule has 1 N–H and O–H groups in total. The van der Waals surface area contributed by atoms with Crippen molar-refractivity contribution in [3.8, 4) is 29.0 Å². The summed E-state index contributed by atoms with van der Waals surface area (Å²) in [6.07, 6.45) is 3.14. The van der Waals surface area contributed by atoms with E-state index in [1.807, 2.05) is 17.9 Å². The number of hydrogen-bond donors (Lipinski definition) is 1. The highest BCUT2D eigenvalue weighted by molar-refractivity contribution is 5.96. The van der Waals surface area contributed by atoms with Gasteiger partial charge in [0.2, 0.25) is 11.8 Å². The summed E-state index contributed by atoms with van der Waals surface area (Å²) >= 11 is 0. The zero-order valence-corrected chi connectivity index (χ0v) is 25.6. The number of pyridine rings is 2. The number of carbonyl (C=O) groups is 2. The Bertz CT molecular complexity index is 1640. The average molecular weight is 614 g/mol. The van der Waals surface area contributed by atoms with Crippen molar-refractivity contribution >= 4 is 17.5 Å². The SMILES string of the molecule is CCOc1ncccc1-c1ccc(OC2CC3(C2)CN(c2ccc(F)cc2C#N)C3)c(C(=O)NC2CN(CC(=O)N(C)C)C2)n1. The van der Waals surface area contributed by atoms with Gasteiger partial charge in [-0.3, -0.25) is 14.5 Å². The molecule has 1 saturated carbocycles. The number of likely N-dealkylation sites (tertiary alicyclic amines) is 1. The lowest BCUT2D eigenvalue weighted by Crippen LogP contribution is -2.65. The van der Waals surface area contributed by atoms with E-state index >= 15 is 0 Å². The van der Waals surface area contributed by atoms with Crippen molar-refractivity contribution in [2.45, 2.75) is 31.9 Å². The number of aromatic nitrogens is 2. The number of benzene rings is 1. The highest BCUT2D eigenvalue weighted by Crippen LogP contribution is 2.51. The molecule has 234 valence electrons. The van der Waals surface area contributed by atoms with E-state index in [2.05, 4.69) is 21.3 Å². The predicted octanol–water partition coefficient (Wildman–Crippen LogP) is 3.10. The van der Waals surface area contributed by atoms with Gasteiger partial charge < -0.3 is 24.6 Å². The third kappa shape index (κ3) is 6.26. The van der Waals surface area contributed by atoms with Crippen LogP contribution < -0.4 is 19.7 Å². The lowest BCUT2D eigenvalue weighted by Gasteiger charge is -2.59. The predicted molar refractivity (Wildman–Crippen MR) is 164 cm³/mol. The van der Waals surface area contributed by atoms with Crippen molar-refractivity contribution in [1.82, 2.24) is 25.1 Å². The van der Waals surface area contributed by atoms with E-state index in [0.717, 1.165) is 31.6 Å². The van der Waals surface area contributed by atoms with Gasteiger partial charge in [0.25, 0.3) is 5.91 Å². The Labute approximate surface area is 261 Å². The molecule has 1 aliphatic carbocycles. The van der Waals surface area contributed by atoms with Gasteiger partial charge in [-0.2, -0.15) is 5.26 Å². The van der Waals surface area contributed by atoms with Gasteiger partial charge in [-0.05, 0) is 62.2 Å². The van der Waals surface area contributed by atoms with Crippen molar-refractivity contribution in [2.75, 3.05) is 58.3 Å². The normalized spacial score (nSPS) is 17.4. The van der Waals surface area contributed by atoms with E-state index in [-0.39, 0.29) is 35.1 Å². The number of rotatable bonds is 10. The zero-order chi connectivity index (χ0) is 31.7. The highest BCUT2D eigenvalue weighted by Gasteiger charge is 2.54. The molecule has 0 atom stereocenters. The summed E-state index contributed by atoms with van der Waals surface area (Å²) in [4.78, 5) is 40.4. The molecule has 2 amide bonds. The fourth-order valence-electron chi connectivity index (χ4n) is 6.30. The second-order valence-corrected chi connectivity index (χ2v) is 12.3. The molecule has 3 aromatic rings. The van der Waals surface area contributed by atoms with E-state index in [4.69, 9.17) is 14.5 Å². The molecule has 0 radical (unpaired) electrons. The number of nitrogens with one attached hydrogen (secondary N) is 1. The maximum atomic E-state index is 13.6. The molecule has 2 aromatic heterocycles. The quantitative estimate of drug-likeness (QED) is 0.367. The summed E-state index contributed by atoms with van der Waals surface area (Å²) in [5.74, 6) is 0.0834. The summed E-state index contributed by atoms with van der Waals surface area (Å²) in [5, 5.41) is 12.5. The lowest BCUT2D eigenvalue weighted by molar-refractivity contribution is -0.131. The van der Waals surface area contributed by atoms with Gasteiger partial charge in [0.1, 0.15) is 18.0 Å². The van der Waals surface area contributed by atoms with Crippen LogP contribution in [0.15, 0.2) is 48.7 Å². The number of amides is 2. The van der Waals surface area contributed by atoms with E-state index in [0.29, 0.717) is 54.7 Å². The minimum Gasteiger partial charge on any atom is -0.488 e. The Hall–Kier alpha value is -4.76. The van der Waals surface area contributed by atoms with Gasteiger partial charge >= 0.3 is 0 Å². The van der Waals surface area contributed by atoms with E-state index in [1.165, 1.54) is 12.1 Å². The largest absolute Gasteiger partial charge is 0.488 e. The second kappa shape index (κ2) is 12.3. The monoisotopic (exact) mass is 613 g/mol. The Morgan fingerprint density at radius 1 is 1.18 bits per heavy atom. The molecule has 2 saturated heterocycles. The Balaban J connectivity index is 1.14. The first-order valence-electron chi connectivity index (χ1n) is 15.1. The van der Waals surface area contributed by atoms with E-state index in [9.17, 15) is 19.2 Å². The topological polar surface area (TPSA) is 124 Å². The minimum atomic E-state index is -0.422. The van der Waals surface area contributed by atoms with Crippen LogP contribution in [-0.2, 0) is 4.79 Å². The first-order chi connectivity index (χ1) is 21.7. The molecule has 2 aliphatic heterocycles. The smallest absolute Gasteiger partial charge is 0.274 e. The number of ether oxygens (including phenoxy) is 2. The summed E-state index contributed by atoms with van der Waals surface area (Å²) in [6, 6.07) is 13.5. The molecule has 1 aromatic carbocycles. The number of hydrogen-bond acceptors (Lipinski definition) is 9. The summed E-state index contributed by atoms with van der Waals surface area (Å²) in [6.45, 7) is 5.28. The summed E-state index contributed by atoms with van der Waals surface area (Å²) in [5.41, 5.74) is 2.54. The third-order valence-electron chi connectivity index (χ3n) is 8.64. The van der Waals surface area contributed by atoms with Crippen molar-refractivity contribution in [2.24, 2.45) is 5.41 Å². The highest BCUT2D eigenvalue weighted by atomic mass is 19.1. The molecule has 45 heavy (non-hydrogen) atoms. The third-order valence-corrected chi connectivity index (χ3v) is 8.64. The standard InChI is InChI=1S/C33H36FN7O4/c1-4-44-32-25(6-5-11-36-32)26-8-10-28(30(38-26)31(43)37-23-16-40(17-23)18-29(42)39(2)3)45-24-13-33(14-24)19-41(20-33)27-9-7-22(34)12-21(27)15-35/h5-12,23-24H,4,13-14,16-20H2,1-3H3,(H,37,43). The minimum absolute atomic E-state index is 0.0161. The summed E-state index contributed by atoms with van der Waals surface area (Å²) < 4.78 is 25.7. The zero-order valence-electron chi connectivity index (χ0n) is 25.6. The number of likely N-dealkylation sites (N-methyl/N-ethyl adjacent to an activating group) is 1. The molecule has 6 rings (SSSR count). The molecule has 3 aliphatic rings. The maximum Gasteiger partial charge on any atom is 0.274 e. The number of nitrogens with zero attached hydrogens (tertiary/aromatic N) is 6. The van der Waals surface area contributed by atoms with Gasteiger partial charge in [-0.1, -0.05) is 0 Å². The molecule has 1 spiro atoms. The first-order valence-corrected chi connectivity index (χ1v) is 15.1. The van der Waals surface area contributed by atoms with Gasteiger partial charge in [-0.15, -0.1) is 0 Å². The fourth-order valence-corrected chi connectivity index (χ4v) is 6.30. The van der Waals surface area contributed by atoms with Gasteiger partial charge in [0.05, 0.1) is 41.7 Å². The Morgan fingerprint density at radius 3 is 2.67 bits per heavy atom. The van der Waals surface area contributed by atoms with Crippen LogP contribution in [0.2, 0.25) is 0 Å². The lowest BCUT2D eigenvalue weighted by atomic mass is 9.61. The van der Waals surface area contributed by atoms with Crippen LogP contribution in [-0.4, -0.2) is 97.2 Å². The van der Waals surface area contributed by atoms with Gasteiger partial charge in [-0.25, -0.2) is 14.4 Å². The maximum absolute atomic E-state index is 13.6. The second-order valence-electron chi connectivity index (χ2n) is 12.3. The molecular formula is C33H36FN7O4. The van der Waals surface area contributed by atoms with Gasteiger partial charge in [0, 0.05) is 51.9 Å². The van der Waals surface area contributed by atoms with Crippen LogP contribution >= 0.6 is 0 Å². The summed E-state index contributed by atoms with van der Waals surface area (Å²) in [7, 11) is 3.45. The first kappa shape index (κ1) is 30.3. The number of halogens is 1. The fraction of sp³-hybridized carbons (Fsp3) is 0.424. The number of nitriles is 1. The van der Waals surface area contributed by atoms with Crippen molar-refractivity contribution in [3.63, 3.8) is 0 Å². The van der Waals surface area contributed by atoms with Crippen LogP contribution in [0.4, 0.5) is 10.1 Å². The molecular weight excluding hydrogens is 577 g/mol. The van der Waals surface area contributed by atoms with Crippen molar-refractivity contribution < 1.29 is 23.5 Å². The van der Waals surface area contributed by atoms with Gasteiger partial charge in [0.15, 0.2) is 11.4 Å². The number of carbonyl (C=O) groups excluding carboxylic acids is 2.